The van der Waals surface area contributed by atoms with Crippen LogP contribution in [0.5, 0.6) is 5.75 Å². The van der Waals surface area contributed by atoms with Crippen molar-refractivity contribution >= 4 is 11.6 Å². The van der Waals surface area contributed by atoms with E-state index in [9.17, 15) is 0 Å². The Morgan fingerprint density at radius 1 is 1.29 bits per heavy atom. The third kappa shape index (κ3) is 5.91. The third-order valence-corrected chi connectivity index (χ3v) is 2.70. The summed E-state index contributed by atoms with van der Waals surface area (Å²) in [5, 5.41) is 0.640. The van der Waals surface area contributed by atoms with Gasteiger partial charge in [0.2, 0.25) is 0 Å². The summed E-state index contributed by atoms with van der Waals surface area (Å²) in [4.78, 5) is 0. The van der Waals surface area contributed by atoms with Crippen LogP contribution in [0.2, 0.25) is 5.02 Å². The fraction of sp³-hybridized carbons (Fsp3) is 0.538. The summed E-state index contributed by atoms with van der Waals surface area (Å²) in [7, 11) is 0. The number of hydrogen-bond donors (Lipinski definition) is 1. The van der Waals surface area contributed by atoms with Crippen molar-refractivity contribution in [3.8, 4) is 5.75 Å². The molecule has 0 fully saturated rings. The molecule has 1 aromatic carbocycles. The van der Waals surface area contributed by atoms with Gasteiger partial charge in [0.15, 0.2) is 0 Å². The summed E-state index contributed by atoms with van der Waals surface area (Å²) in [6.07, 6.45) is 1.78. The Morgan fingerprint density at radius 2 is 2.06 bits per heavy atom. The van der Waals surface area contributed by atoms with Crippen LogP contribution in [0.25, 0.3) is 0 Å². The molecule has 0 aliphatic rings. The average Bonchev–Trinajstić information content (AvgIpc) is 2.35. The van der Waals surface area contributed by atoms with Crippen LogP contribution in [0.3, 0.4) is 0 Å². The summed E-state index contributed by atoms with van der Waals surface area (Å²) in [5.41, 5.74) is 5.72. The number of para-hydroxylation sites is 1. The Labute approximate surface area is 108 Å². The molecule has 1 rings (SSSR count). The lowest BCUT2D eigenvalue weighted by Gasteiger charge is -2.10. The van der Waals surface area contributed by atoms with E-state index in [1.165, 1.54) is 0 Å². The predicted molar refractivity (Wildman–Crippen MR) is 70.6 cm³/mol. The Balaban J connectivity index is 2.07. The van der Waals surface area contributed by atoms with Crippen LogP contribution < -0.4 is 10.5 Å². The molecule has 0 bridgehead atoms. The van der Waals surface area contributed by atoms with Gasteiger partial charge in [0.25, 0.3) is 0 Å². The van der Waals surface area contributed by atoms with Gasteiger partial charge in [-0.3, -0.25) is 0 Å². The van der Waals surface area contributed by atoms with Crippen molar-refractivity contribution in [3.05, 3.63) is 29.3 Å². The van der Waals surface area contributed by atoms with Crippen molar-refractivity contribution in [2.45, 2.75) is 25.8 Å². The van der Waals surface area contributed by atoms with Crippen LogP contribution in [0, 0.1) is 0 Å². The first-order chi connectivity index (χ1) is 8.24. The number of nitrogens with two attached hydrogens (primary N) is 1. The zero-order valence-corrected chi connectivity index (χ0v) is 11.0. The van der Waals surface area contributed by atoms with Crippen molar-refractivity contribution < 1.29 is 9.47 Å². The zero-order chi connectivity index (χ0) is 12.5. The number of benzene rings is 1. The summed E-state index contributed by atoms with van der Waals surface area (Å²) >= 11 is 5.95. The van der Waals surface area contributed by atoms with Crippen LogP contribution >= 0.6 is 11.6 Å². The Hall–Kier alpha value is -0.770. The normalized spacial score (nSPS) is 12.4. The van der Waals surface area contributed by atoms with E-state index in [2.05, 4.69) is 6.92 Å². The molecule has 96 valence electrons. The number of hydrogen-bond acceptors (Lipinski definition) is 3. The van der Waals surface area contributed by atoms with E-state index >= 15 is 0 Å². The molecule has 0 aliphatic heterocycles. The van der Waals surface area contributed by atoms with Gasteiger partial charge in [-0.2, -0.15) is 0 Å². The summed E-state index contributed by atoms with van der Waals surface area (Å²) in [5.74, 6) is 0.722. The van der Waals surface area contributed by atoms with Crippen LogP contribution in [0.15, 0.2) is 24.3 Å². The molecule has 0 amide bonds. The van der Waals surface area contributed by atoms with Crippen molar-refractivity contribution in [1.29, 1.82) is 0 Å². The maximum absolute atomic E-state index is 5.95. The Kier molecular flexibility index (Phi) is 7.01. The van der Waals surface area contributed by atoms with Crippen LogP contribution in [-0.4, -0.2) is 25.9 Å². The predicted octanol–water partition coefficient (Wildman–Crippen LogP) is 2.86. The van der Waals surface area contributed by atoms with Gasteiger partial charge in [-0.25, -0.2) is 0 Å². The van der Waals surface area contributed by atoms with Gasteiger partial charge in [0, 0.05) is 19.1 Å². The highest BCUT2D eigenvalue weighted by Gasteiger charge is 2.00. The first-order valence-corrected chi connectivity index (χ1v) is 6.32. The van der Waals surface area contributed by atoms with E-state index in [4.69, 9.17) is 26.8 Å². The van der Waals surface area contributed by atoms with Crippen molar-refractivity contribution in [3.63, 3.8) is 0 Å². The van der Waals surface area contributed by atoms with Crippen LogP contribution in [-0.2, 0) is 4.74 Å². The minimum Gasteiger partial charge on any atom is -0.492 e. The molecule has 0 spiro atoms. The average molecular weight is 258 g/mol. The van der Waals surface area contributed by atoms with Crippen molar-refractivity contribution in [2.75, 3.05) is 19.8 Å². The first-order valence-electron chi connectivity index (χ1n) is 5.94. The second-order valence-corrected chi connectivity index (χ2v) is 4.28. The zero-order valence-electron chi connectivity index (χ0n) is 10.2. The van der Waals surface area contributed by atoms with Gasteiger partial charge in [-0.15, -0.1) is 0 Å². The second-order valence-electron chi connectivity index (χ2n) is 3.88. The molecule has 1 atom stereocenters. The molecule has 0 heterocycles. The highest BCUT2D eigenvalue weighted by Crippen LogP contribution is 2.22. The molecule has 0 aliphatic carbocycles. The maximum atomic E-state index is 5.95. The SMILES string of the molecule is CCC(N)COCCCOc1ccccc1Cl. The molecular weight excluding hydrogens is 238 g/mol. The smallest absolute Gasteiger partial charge is 0.137 e. The van der Waals surface area contributed by atoms with E-state index in [0.717, 1.165) is 18.6 Å². The topological polar surface area (TPSA) is 44.5 Å². The highest BCUT2D eigenvalue weighted by atomic mass is 35.5. The van der Waals surface area contributed by atoms with Gasteiger partial charge in [0.05, 0.1) is 18.2 Å². The molecule has 0 saturated carbocycles. The lowest BCUT2D eigenvalue weighted by molar-refractivity contribution is 0.107. The standard InChI is InChI=1S/C13H20ClNO2/c1-2-11(15)10-16-8-5-9-17-13-7-4-3-6-12(13)14/h3-4,6-7,11H,2,5,8-10,15H2,1H3. The lowest BCUT2D eigenvalue weighted by Crippen LogP contribution is -2.25. The molecule has 4 heteroatoms. The number of ether oxygens (including phenoxy) is 2. The molecule has 3 nitrogen and oxygen atoms in total. The molecule has 1 unspecified atom stereocenters. The van der Waals surface area contributed by atoms with Crippen molar-refractivity contribution in [1.82, 2.24) is 0 Å². The molecule has 0 radical (unpaired) electrons. The maximum Gasteiger partial charge on any atom is 0.137 e. The fourth-order valence-corrected chi connectivity index (χ4v) is 1.45. The fourth-order valence-electron chi connectivity index (χ4n) is 1.26. The number of halogens is 1. The monoisotopic (exact) mass is 257 g/mol. The van der Waals surface area contributed by atoms with E-state index in [1.807, 2.05) is 24.3 Å². The second kappa shape index (κ2) is 8.34. The van der Waals surface area contributed by atoms with Crippen LogP contribution in [0.1, 0.15) is 19.8 Å². The van der Waals surface area contributed by atoms with Gasteiger partial charge < -0.3 is 15.2 Å². The van der Waals surface area contributed by atoms with E-state index < -0.39 is 0 Å². The summed E-state index contributed by atoms with van der Waals surface area (Å²) in [6.45, 7) is 3.93. The third-order valence-electron chi connectivity index (χ3n) is 2.38. The Bertz CT molecular complexity index is 320. The minimum atomic E-state index is 0.138. The summed E-state index contributed by atoms with van der Waals surface area (Å²) < 4.78 is 10.9. The Morgan fingerprint density at radius 3 is 2.76 bits per heavy atom. The molecule has 2 N–H and O–H groups in total. The lowest BCUT2D eigenvalue weighted by atomic mass is 10.3. The van der Waals surface area contributed by atoms with E-state index in [0.29, 0.717) is 24.8 Å². The quantitative estimate of drug-likeness (QED) is 0.729. The first kappa shape index (κ1) is 14.3. The van der Waals surface area contributed by atoms with Gasteiger partial charge >= 0.3 is 0 Å². The molecule has 0 aromatic heterocycles. The van der Waals surface area contributed by atoms with Gasteiger partial charge in [-0.1, -0.05) is 30.7 Å². The van der Waals surface area contributed by atoms with Gasteiger partial charge in [-0.05, 0) is 18.6 Å². The van der Waals surface area contributed by atoms with E-state index in [1.54, 1.807) is 0 Å². The molecular formula is C13H20ClNO2. The van der Waals surface area contributed by atoms with Crippen LogP contribution in [0.4, 0.5) is 0 Å². The largest absolute Gasteiger partial charge is 0.492 e. The molecule has 0 saturated heterocycles. The highest BCUT2D eigenvalue weighted by molar-refractivity contribution is 6.32. The summed E-state index contributed by atoms with van der Waals surface area (Å²) in [6, 6.07) is 7.59. The van der Waals surface area contributed by atoms with Gasteiger partial charge in [0.1, 0.15) is 5.75 Å². The molecule has 1 aromatic rings. The van der Waals surface area contributed by atoms with E-state index in [-0.39, 0.29) is 6.04 Å². The molecule has 17 heavy (non-hydrogen) atoms. The van der Waals surface area contributed by atoms with Crippen molar-refractivity contribution in [2.24, 2.45) is 5.73 Å². The number of rotatable bonds is 8. The minimum absolute atomic E-state index is 0.138.